The molecule has 2 aromatic carbocycles. The average Bonchev–Trinajstić information content (AvgIpc) is 3.40. The quantitative estimate of drug-likeness (QED) is 0.442. The van der Waals surface area contributed by atoms with E-state index in [4.69, 9.17) is 0 Å². The van der Waals surface area contributed by atoms with Crippen molar-refractivity contribution in [3.63, 3.8) is 0 Å². The Morgan fingerprint density at radius 1 is 1.10 bits per heavy atom. The Balaban J connectivity index is 1.69. The van der Waals surface area contributed by atoms with Crippen molar-refractivity contribution in [3.8, 4) is 0 Å². The summed E-state index contributed by atoms with van der Waals surface area (Å²) in [6.07, 6.45) is 3.53. The van der Waals surface area contributed by atoms with Crippen LogP contribution in [-0.4, -0.2) is 47.0 Å². The van der Waals surface area contributed by atoms with Gasteiger partial charge in [-0.05, 0) is 49.2 Å². The summed E-state index contributed by atoms with van der Waals surface area (Å²) in [4.78, 5) is 18.0. The van der Waals surface area contributed by atoms with Crippen LogP contribution in [0.4, 0.5) is 0 Å². The van der Waals surface area contributed by atoms with Crippen LogP contribution in [0.15, 0.2) is 71.2 Å². The number of carbonyl (C=O) groups is 1. The highest BCUT2D eigenvalue weighted by Crippen LogP contribution is 2.26. The van der Waals surface area contributed by atoms with Gasteiger partial charge in [-0.2, -0.15) is 4.31 Å². The summed E-state index contributed by atoms with van der Waals surface area (Å²) in [5, 5.41) is 0.588. The Bertz CT molecular complexity index is 1160. The molecule has 1 aliphatic heterocycles. The van der Waals surface area contributed by atoms with Crippen molar-refractivity contribution in [1.29, 1.82) is 0 Å². The maximum absolute atomic E-state index is 13.2. The molecule has 1 aromatic heterocycles. The minimum atomic E-state index is -3.50. The van der Waals surface area contributed by atoms with Crippen molar-refractivity contribution >= 4 is 38.7 Å². The van der Waals surface area contributed by atoms with Crippen LogP contribution in [0.25, 0.3) is 11.0 Å². The molecule has 6 nitrogen and oxygen atoms in total. The van der Waals surface area contributed by atoms with Gasteiger partial charge >= 0.3 is 0 Å². The molecule has 4 rings (SSSR count). The molecule has 3 aromatic rings. The molecule has 8 heteroatoms. The third-order valence-electron chi connectivity index (χ3n) is 4.87. The normalized spacial score (nSPS) is 15.0. The standard InChI is InChI=1S/C21H21N3O3S2/c1-2-15-28-21-22-18-7-3-4-8-19(18)24(21)20(25)16-9-11-17(12-10-16)29(26,27)23-13-5-6-14-23/h2-4,7-12H,1,5-6,13-15H2. The van der Waals surface area contributed by atoms with E-state index >= 15 is 0 Å². The number of thioether (sulfide) groups is 1. The number of benzene rings is 2. The Morgan fingerprint density at radius 2 is 1.79 bits per heavy atom. The van der Waals surface area contributed by atoms with E-state index in [-0.39, 0.29) is 10.8 Å². The van der Waals surface area contributed by atoms with E-state index in [2.05, 4.69) is 11.6 Å². The lowest BCUT2D eigenvalue weighted by Gasteiger charge is -2.15. The Labute approximate surface area is 174 Å². The first kappa shape index (κ1) is 19.9. The molecule has 1 saturated heterocycles. The Hall–Kier alpha value is -2.42. The summed E-state index contributed by atoms with van der Waals surface area (Å²) in [7, 11) is -3.50. The molecule has 0 unspecified atom stereocenters. The van der Waals surface area contributed by atoms with Crippen LogP contribution in [-0.2, 0) is 10.0 Å². The molecule has 0 spiro atoms. The van der Waals surface area contributed by atoms with Gasteiger partial charge in [0.25, 0.3) is 5.91 Å². The molecule has 1 fully saturated rings. The van der Waals surface area contributed by atoms with E-state index in [1.807, 2.05) is 24.3 Å². The molecule has 2 heterocycles. The van der Waals surface area contributed by atoms with Gasteiger partial charge in [0.15, 0.2) is 5.16 Å². The SMILES string of the molecule is C=CCSc1nc2ccccc2n1C(=O)c1ccc(S(=O)(=O)N2CCCC2)cc1. The van der Waals surface area contributed by atoms with Crippen molar-refractivity contribution in [2.75, 3.05) is 18.8 Å². The lowest BCUT2D eigenvalue weighted by Crippen LogP contribution is -2.27. The minimum absolute atomic E-state index is 0.215. The summed E-state index contributed by atoms with van der Waals surface area (Å²) in [5.74, 6) is 0.388. The van der Waals surface area contributed by atoms with Gasteiger partial charge in [-0.1, -0.05) is 30.0 Å². The molecule has 0 radical (unpaired) electrons. The second-order valence-corrected chi connectivity index (χ2v) is 9.68. The minimum Gasteiger partial charge on any atom is -0.268 e. The van der Waals surface area contributed by atoms with Gasteiger partial charge in [-0.15, -0.1) is 6.58 Å². The fraction of sp³-hybridized carbons (Fsp3) is 0.238. The summed E-state index contributed by atoms with van der Waals surface area (Å²) in [5.41, 5.74) is 1.87. The number of fused-ring (bicyclic) bond motifs is 1. The molecule has 29 heavy (non-hydrogen) atoms. The zero-order valence-electron chi connectivity index (χ0n) is 15.8. The number of para-hydroxylation sites is 2. The van der Waals surface area contributed by atoms with Crippen LogP contribution >= 0.6 is 11.8 Å². The van der Waals surface area contributed by atoms with Crippen molar-refractivity contribution in [1.82, 2.24) is 13.9 Å². The molecule has 1 aliphatic rings. The van der Waals surface area contributed by atoms with Crippen LogP contribution in [0.1, 0.15) is 23.2 Å². The first-order valence-electron chi connectivity index (χ1n) is 9.38. The van der Waals surface area contributed by atoms with Gasteiger partial charge in [0.1, 0.15) is 0 Å². The fourth-order valence-electron chi connectivity index (χ4n) is 3.41. The van der Waals surface area contributed by atoms with Crippen LogP contribution in [0, 0.1) is 0 Å². The Kier molecular flexibility index (Phi) is 5.58. The van der Waals surface area contributed by atoms with E-state index < -0.39 is 10.0 Å². The van der Waals surface area contributed by atoms with Crippen LogP contribution in [0.5, 0.6) is 0 Å². The highest BCUT2D eigenvalue weighted by molar-refractivity contribution is 7.99. The molecular weight excluding hydrogens is 406 g/mol. The van der Waals surface area contributed by atoms with Crippen LogP contribution in [0.3, 0.4) is 0 Å². The van der Waals surface area contributed by atoms with Gasteiger partial charge in [0, 0.05) is 24.4 Å². The number of aromatic nitrogens is 2. The van der Waals surface area contributed by atoms with Crippen LogP contribution < -0.4 is 0 Å². The number of nitrogens with zero attached hydrogens (tertiary/aromatic N) is 3. The number of rotatable bonds is 6. The van der Waals surface area contributed by atoms with E-state index in [1.54, 1.807) is 22.8 Å². The molecule has 0 N–H and O–H groups in total. The van der Waals surface area contributed by atoms with Gasteiger partial charge in [0.05, 0.1) is 15.9 Å². The van der Waals surface area contributed by atoms with E-state index in [0.717, 1.165) is 23.9 Å². The number of sulfonamides is 1. The van der Waals surface area contributed by atoms with Gasteiger partial charge in [-0.3, -0.25) is 9.36 Å². The fourth-order valence-corrected chi connectivity index (χ4v) is 5.66. The predicted molar refractivity (Wildman–Crippen MR) is 115 cm³/mol. The molecule has 150 valence electrons. The average molecular weight is 428 g/mol. The Morgan fingerprint density at radius 3 is 2.48 bits per heavy atom. The monoisotopic (exact) mass is 427 g/mol. The third-order valence-corrected chi connectivity index (χ3v) is 7.71. The highest BCUT2D eigenvalue weighted by Gasteiger charge is 2.27. The molecule has 0 amide bonds. The van der Waals surface area contributed by atoms with Crippen molar-refractivity contribution in [2.24, 2.45) is 0 Å². The second kappa shape index (κ2) is 8.14. The van der Waals surface area contributed by atoms with E-state index in [0.29, 0.717) is 29.6 Å². The van der Waals surface area contributed by atoms with E-state index in [9.17, 15) is 13.2 Å². The molecule has 0 saturated carbocycles. The zero-order chi connectivity index (χ0) is 20.4. The zero-order valence-corrected chi connectivity index (χ0v) is 17.5. The summed E-state index contributed by atoms with van der Waals surface area (Å²) in [6.45, 7) is 4.82. The number of imidazole rings is 1. The first-order valence-corrected chi connectivity index (χ1v) is 11.8. The lowest BCUT2D eigenvalue weighted by molar-refractivity contribution is 0.0955. The largest absolute Gasteiger partial charge is 0.268 e. The third kappa shape index (κ3) is 3.75. The van der Waals surface area contributed by atoms with Gasteiger partial charge in [-0.25, -0.2) is 13.4 Å². The van der Waals surface area contributed by atoms with Gasteiger partial charge in [0.2, 0.25) is 10.0 Å². The summed E-state index contributed by atoms with van der Waals surface area (Å²) < 4.78 is 28.5. The maximum atomic E-state index is 13.2. The van der Waals surface area contributed by atoms with Crippen molar-refractivity contribution in [3.05, 3.63) is 66.7 Å². The lowest BCUT2D eigenvalue weighted by atomic mass is 10.2. The smallest absolute Gasteiger partial charge is 0.264 e. The van der Waals surface area contributed by atoms with E-state index in [1.165, 1.54) is 28.2 Å². The van der Waals surface area contributed by atoms with Crippen molar-refractivity contribution in [2.45, 2.75) is 22.9 Å². The highest BCUT2D eigenvalue weighted by atomic mass is 32.2. The maximum Gasteiger partial charge on any atom is 0.264 e. The number of hydrogen-bond donors (Lipinski definition) is 0. The molecule has 0 bridgehead atoms. The first-order chi connectivity index (χ1) is 14.0. The number of carbonyl (C=O) groups excluding carboxylic acids is 1. The van der Waals surface area contributed by atoms with Crippen molar-refractivity contribution < 1.29 is 13.2 Å². The predicted octanol–water partition coefficient (Wildman–Crippen LogP) is 3.79. The summed E-state index contributed by atoms with van der Waals surface area (Å²) >= 11 is 1.43. The second-order valence-electron chi connectivity index (χ2n) is 6.76. The molecule has 0 atom stereocenters. The summed E-state index contributed by atoms with van der Waals surface area (Å²) in [6, 6.07) is 13.6. The van der Waals surface area contributed by atoms with Gasteiger partial charge < -0.3 is 0 Å². The topological polar surface area (TPSA) is 72.3 Å². The molecule has 0 aliphatic carbocycles. The van der Waals surface area contributed by atoms with Crippen LogP contribution in [0.2, 0.25) is 0 Å². The molecular formula is C21H21N3O3S2. The number of hydrogen-bond acceptors (Lipinski definition) is 5.